The topological polar surface area (TPSA) is 38.3 Å². The van der Waals surface area contributed by atoms with Gasteiger partial charge in [-0.1, -0.05) is 55.5 Å². The SMILES string of the molecule is CCc1ccccc1O[C@@H](C)C(=O)NCc1ccccc1. The molecule has 0 saturated carbocycles. The maximum absolute atomic E-state index is 12.1. The molecule has 21 heavy (non-hydrogen) atoms. The number of rotatable bonds is 6. The molecule has 1 N–H and O–H groups in total. The monoisotopic (exact) mass is 283 g/mol. The van der Waals surface area contributed by atoms with Crippen LogP contribution in [0, 0.1) is 0 Å². The second-order valence-corrected chi connectivity index (χ2v) is 4.92. The molecule has 0 aromatic heterocycles. The molecule has 0 aliphatic rings. The first-order valence-electron chi connectivity index (χ1n) is 7.27. The number of ether oxygens (including phenoxy) is 1. The van der Waals surface area contributed by atoms with Crippen LogP contribution in [0.25, 0.3) is 0 Å². The van der Waals surface area contributed by atoms with Crippen molar-refractivity contribution < 1.29 is 9.53 Å². The smallest absolute Gasteiger partial charge is 0.261 e. The van der Waals surface area contributed by atoms with Gasteiger partial charge in [-0.25, -0.2) is 0 Å². The van der Waals surface area contributed by atoms with Crippen LogP contribution in [-0.2, 0) is 17.8 Å². The lowest BCUT2D eigenvalue weighted by Crippen LogP contribution is -2.36. The summed E-state index contributed by atoms with van der Waals surface area (Å²) < 4.78 is 5.77. The number of nitrogens with one attached hydrogen (secondary N) is 1. The number of hydrogen-bond acceptors (Lipinski definition) is 2. The Morgan fingerprint density at radius 2 is 1.76 bits per heavy atom. The minimum absolute atomic E-state index is 0.107. The summed E-state index contributed by atoms with van der Waals surface area (Å²) in [7, 11) is 0. The van der Waals surface area contributed by atoms with E-state index in [1.807, 2.05) is 54.6 Å². The van der Waals surface area contributed by atoms with Crippen molar-refractivity contribution in [2.75, 3.05) is 0 Å². The van der Waals surface area contributed by atoms with Crippen LogP contribution in [0.1, 0.15) is 25.0 Å². The molecule has 3 heteroatoms. The molecule has 0 spiro atoms. The molecule has 0 unspecified atom stereocenters. The third kappa shape index (κ3) is 4.35. The minimum atomic E-state index is -0.513. The van der Waals surface area contributed by atoms with Gasteiger partial charge in [0.1, 0.15) is 5.75 Å². The van der Waals surface area contributed by atoms with Crippen LogP contribution < -0.4 is 10.1 Å². The van der Waals surface area contributed by atoms with Crippen molar-refractivity contribution in [1.82, 2.24) is 5.32 Å². The number of aryl methyl sites for hydroxylation is 1. The lowest BCUT2D eigenvalue weighted by atomic mass is 10.1. The maximum atomic E-state index is 12.1. The molecule has 0 saturated heterocycles. The van der Waals surface area contributed by atoms with Crippen molar-refractivity contribution in [2.24, 2.45) is 0 Å². The molecule has 0 bridgehead atoms. The molecular weight excluding hydrogens is 262 g/mol. The largest absolute Gasteiger partial charge is 0.481 e. The first kappa shape index (κ1) is 15.1. The van der Waals surface area contributed by atoms with Gasteiger partial charge in [0.2, 0.25) is 0 Å². The molecule has 2 aromatic rings. The van der Waals surface area contributed by atoms with Gasteiger partial charge < -0.3 is 10.1 Å². The minimum Gasteiger partial charge on any atom is -0.481 e. The zero-order chi connectivity index (χ0) is 15.1. The molecular formula is C18H21NO2. The molecule has 3 nitrogen and oxygen atoms in total. The highest BCUT2D eigenvalue weighted by molar-refractivity contribution is 5.80. The zero-order valence-electron chi connectivity index (χ0n) is 12.5. The predicted molar refractivity (Wildman–Crippen MR) is 84.2 cm³/mol. The van der Waals surface area contributed by atoms with E-state index in [-0.39, 0.29) is 5.91 Å². The van der Waals surface area contributed by atoms with E-state index >= 15 is 0 Å². The highest BCUT2D eigenvalue weighted by Gasteiger charge is 2.15. The second-order valence-electron chi connectivity index (χ2n) is 4.92. The zero-order valence-corrected chi connectivity index (χ0v) is 12.5. The molecule has 0 heterocycles. The Balaban J connectivity index is 1.90. The summed E-state index contributed by atoms with van der Waals surface area (Å²) in [5.41, 5.74) is 2.19. The van der Waals surface area contributed by atoms with Gasteiger partial charge in [-0.2, -0.15) is 0 Å². The molecule has 110 valence electrons. The maximum Gasteiger partial charge on any atom is 0.261 e. The van der Waals surface area contributed by atoms with E-state index in [1.165, 1.54) is 0 Å². The standard InChI is InChI=1S/C18H21NO2/c1-3-16-11-7-8-12-17(16)21-14(2)18(20)19-13-15-9-5-4-6-10-15/h4-12,14H,3,13H2,1-2H3,(H,19,20)/t14-/m0/s1. The summed E-state index contributed by atoms with van der Waals surface area (Å²) >= 11 is 0. The fourth-order valence-corrected chi connectivity index (χ4v) is 2.08. The van der Waals surface area contributed by atoms with Gasteiger partial charge in [0, 0.05) is 6.54 Å². The Hall–Kier alpha value is -2.29. The lowest BCUT2D eigenvalue weighted by Gasteiger charge is -2.16. The van der Waals surface area contributed by atoms with Crippen molar-refractivity contribution >= 4 is 5.91 Å². The highest BCUT2D eigenvalue weighted by atomic mass is 16.5. The molecule has 0 radical (unpaired) electrons. The van der Waals surface area contributed by atoms with E-state index in [9.17, 15) is 4.79 Å². The van der Waals surface area contributed by atoms with Crippen molar-refractivity contribution in [3.63, 3.8) is 0 Å². The number of hydrogen-bond donors (Lipinski definition) is 1. The van der Waals surface area contributed by atoms with E-state index in [0.717, 1.165) is 23.3 Å². The van der Waals surface area contributed by atoms with Gasteiger partial charge in [-0.15, -0.1) is 0 Å². The van der Waals surface area contributed by atoms with Crippen LogP contribution in [-0.4, -0.2) is 12.0 Å². The number of para-hydroxylation sites is 1. The van der Waals surface area contributed by atoms with E-state index in [4.69, 9.17) is 4.74 Å². The number of carbonyl (C=O) groups excluding carboxylic acids is 1. The van der Waals surface area contributed by atoms with Gasteiger partial charge in [-0.05, 0) is 30.5 Å². The van der Waals surface area contributed by atoms with Crippen LogP contribution in [0.15, 0.2) is 54.6 Å². The molecule has 0 fully saturated rings. The fourth-order valence-electron chi connectivity index (χ4n) is 2.08. The van der Waals surface area contributed by atoms with E-state index in [0.29, 0.717) is 6.54 Å². The number of benzene rings is 2. The molecule has 0 aliphatic heterocycles. The Morgan fingerprint density at radius 3 is 2.48 bits per heavy atom. The van der Waals surface area contributed by atoms with Crippen LogP contribution in [0.2, 0.25) is 0 Å². The van der Waals surface area contributed by atoms with Crippen molar-refractivity contribution in [1.29, 1.82) is 0 Å². The Labute approximate surface area is 126 Å². The summed E-state index contributed by atoms with van der Waals surface area (Å²) in [4.78, 5) is 12.1. The average Bonchev–Trinajstić information content (AvgIpc) is 2.54. The molecule has 1 amide bonds. The van der Waals surface area contributed by atoms with Crippen LogP contribution in [0.3, 0.4) is 0 Å². The predicted octanol–water partition coefficient (Wildman–Crippen LogP) is 3.33. The van der Waals surface area contributed by atoms with Gasteiger partial charge in [0.05, 0.1) is 0 Å². The molecule has 0 aliphatic carbocycles. The number of amides is 1. The highest BCUT2D eigenvalue weighted by Crippen LogP contribution is 2.19. The number of carbonyl (C=O) groups is 1. The van der Waals surface area contributed by atoms with E-state index in [2.05, 4.69) is 12.2 Å². The van der Waals surface area contributed by atoms with Gasteiger partial charge in [-0.3, -0.25) is 4.79 Å². The summed E-state index contributed by atoms with van der Waals surface area (Å²) in [6.07, 6.45) is 0.371. The normalized spacial score (nSPS) is 11.7. The molecule has 2 aromatic carbocycles. The Bertz CT molecular complexity index is 581. The molecule has 1 atom stereocenters. The summed E-state index contributed by atoms with van der Waals surface area (Å²) in [5, 5.41) is 2.89. The third-order valence-corrected chi connectivity index (χ3v) is 3.34. The van der Waals surface area contributed by atoms with Crippen LogP contribution in [0.5, 0.6) is 5.75 Å². The van der Waals surface area contributed by atoms with Gasteiger partial charge in [0.25, 0.3) is 5.91 Å². The van der Waals surface area contributed by atoms with Crippen LogP contribution >= 0.6 is 0 Å². The van der Waals surface area contributed by atoms with Crippen molar-refractivity contribution in [2.45, 2.75) is 32.9 Å². The summed E-state index contributed by atoms with van der Waals surface area (Å²) in [5.74, 6) is 0.673. The molecule has 2 rings (SSSR count). The van der Waals surface area contributed by atoms with E-state index in [1.54, 1.807) is 6.92 Å². The van der Waals surface area contributed by atoms with Crippen LogP contribution in [0.4, 0.5) is 0 Å². The summed E-state index contributed by atoms with van der Waals surface area (Å²) in [6.45, 7) is 4.36. The van der Waals surface area contributed by atoms with Gasteiger partial charge >= 0.3 is 0 Å². The second kappa shape index (κ2) is 7.48. The van der Waals surface area contributed by atoms with Gasteiger partial charge in [0.15, 0.2) is 6.10 Å². The summed E-state index contributed by atoms with van der Waals surface area (Å²) in [6, 6.07) is 17.7. The van der Waals surface area contributed by atoms with Crippen molar-refractivity contribution in [3.8, 4) is 5.75 Å². The quantitative estimate of drug-likeness (QED) is 0.883. The van der Waals surface area contributed by atoms with E-state index < -0.39 is 6.10 Å². The average molecular weight is 283 g/mol. The third-order valence-electron chi connectivity index (χ3n) is 3.34. The first-order valence-corrected chi connectivity index (χ1v) is 7.27. The fraction of sp³-hybridized carbons (Fsp3) is 0.278. The first-order chi connectivity index (χ1) is 10.2. The Kier molecular flexibility index (Phi) is 5.38. The lowest BCUT2D eigenvalue weighted by molar-refractivity contribution is -0.127. The van der Waals surface area contributed by atoms with Crippen molar-refractivity contribution in [3.05, 3.63) is 65.7 Å². The Morgan fingerprint density at radius 1 is 1.10 bits per heavy atom.